The van der Waals surface area contributed by atoms with Crippen LogP contribution in [0.25, 0.3) is 0 Å². The highest BCUT2D eigenvalue weighted by molar-refractivity contribution is 5.95. The van der Waals surface area contributed by atoms with Crippen molar-refractivity contribution < 1.29 is 13.9 Å². The summed E-state index contributed by atoms with van der Waals surface area (Å²) in [7, 11) is 0. The molecule has 3 N–H and O–H groups in total. The lowest BCUT2D eigenvalue weighted by Gasteiger charge is -2.11. The van der Waals surface area contributed by atoms with E-state index in [1.807, 2.05) is 0 Å². The van der Waals surface area contributed by atoms with Crippen molar-refractivity contribution in [3.63, 3.8) is 0 Å². The van der Waals surface area contributed by atoms with E-state index in [2.05, 4.69) is 5.32 Å². The fourth-order valence-corrected chi connectivity index (χ4v) is 2.09. The molecule has 1 aliphatic carbocycles. The summed E-state index contributed by atoms with van der Waals surface area (Å²) < 4.78 is 19.1. The predicted molar refractivity (Wildman–Crippen MR) is 82.1 cm³/mol. The van der Waals surface area contributed by atoms with Gasteiger partial charge in [-0.25, -0.2) is 4.39 Å². The zero-order valence-electron chi connectivity index (χ0n) is 12.0. The van der Waals surface area contributed by atoms with Crippen LogP contribution in [0.5, 0.6) is 5.75 Å². The Morgan fingerprint density at radius 3 is 2.73 bits per heavy atom. The lowest BCUT2D eigenvalue weighted by Crippen LogP contribution is -2.25. The van der Waals surface area contributed by atoms with E-state index in [0.717, 1.165) is 12.8 Å². The summed E-state index contributed by atoms with van der Waals surface area (Å²) in [6.45, 7) is 0.0878. The molecule has 0 radical (unpaired) electrons. The maximum absolute atomic E-state index is 13.5. The fraction of sp³-hybridized carbons (Fsp3) is 0.235. The Balaban J connectivity index is 1.67. The highest BCUT2D eigenvalue weighted by Crippen LogP contribution is 2.25. The highest BCUT2D eigenvalue weighted by atomic mass is 19.1. The van der Waals surface area contributed by atoms with Gasteiger partial charge in [-0.2, -0.15) is 0 Å². The molecule has 0 aliphatic heterocycles. The molecule has 1 aliphatic rings. The largest absolute Gasteiger partial charge is 0.487 e. The minimum Gasteiger partial charge on any atom is -0.487 e. The molecule has 4 nitrogen and oxygen atoms in total. The fourth-order valence-electron chi connectivity index (χ4n) is 2.09. The molecule has 0 bridgehead atoms. The van der Waals surface area contributed by atoms with E-state index < -0.39 is 0 Å². The summed E-state index contributed by atoms with van der Waals surface area (Å²) in [5.74, 6) is -0.0115. The third kappa shape index (κ3) is 3.36. The molecule has 2 aromatic rings. The number of carbonyl (C=O) groups excluding carboxylic acids is 1. The van der Waals surface area contributed by atoms with Gasteiger partial charge < -0.3 is 15.8 Å². The Morgan fingerprint density at radius 1 is 1.27 bits per heavy atom. The lowest BCUT2D eigenvalue weighted by atomic mass is 10.1. The molecule has 0 heterocycles. The Bertz CT molecular complexity index is 699. The summed E-state index contributed by atoms with van der Waals surface area (Å²) in [4.78, 5) is 11.9. The quantitative estimate of drug-likeness (QED) is 0.835. The molecule has 2 aromatic carbocycles. The van der Waals surface area contributed by atoms with E-state index in [0.29, 0.717) is 28.6 Å². The Labute approximate surface area is 128 Å². The van der Waals surface area contributed by atoms with Crippen molar-refractivity contribution in [3.05, 3.63) is 59.4 Å². The number of nitrogens with one attached hydrogen (secondary N) is 1. The van der Waals surface area contributed by atoms with E-state index >= 15 is 0 Å². The summed E-state index contributed by atoms with van der Waals surface area (Å²) in [6.07, 6.45) is 2.07. The molecule has 1 fully saturated rings. The maximum Gasteiger partial charge on any atom is 0.251 e. The molecule has 0 atom stereocenters. The molecule has 0 aromatic heterocycles. The van der Waals surface area contributed by atoms with Crippen LogP contribution >= 0.6 is 0 Å². The number of rotatable bonds is 5. The van der Waals surface area contributed by atoms with Crippen molar-refractivity contribution >= 4 is 11.6 Å². The van der Waals surface area contributed by atoms with Crippen molar-refractivity contribution in [2.75, 3.05) is 5.73 Å². The molecule has 0 spiro atoms. The van der Waals surface area contributed by atoms with Gasteiger partial charge in [-0.05, 0) is 37.1 Å². The van der Waals surface area contributed by atoms with Crippen molar-refractivity contribution in [3.8, 4) is 5.75 Å². The molecule has 5 heteroatoms. The number of hydrogen-bond donors (Lipinski definition) is 2. The average molecular weight is 300 g/mol. The van der Waals surface area contributed by atoms with Crippen LogP contribution in [0.1, 0.15) is 28.8 Å². The number of anilines is 1. The Kier molecular flexibility index (Phi) is 3.96. The van der Waals surface area contributed by atoms with Crippen molar-refractivity contribution in [1.29, 1.82) is 0 Å². The third-order valence-corrected chi connectivity index (χ3v) is 3.53. The van der Waals surface area contributed by atoms with Crippen LogP contribution in [0.4, 0.5) is 10.1 Å². The normalized spacial score (nSPS) is 13.7. The number of benzene rings is 2. The zero-order valence-corrected chi connectivity index (χ0v) is 12.0. The predicted octanol–water partition coefficient (Wildman–Crippen LogP) is 2.88. The van der Waals surface area contributed by atoms with E-state index in [1.54, 1.807) is 36.4 Å². The number of ether oxygens (including phenoxy) is 1. The Morgan fingerprint density at radius 2 is 2.05 bits per heavy atom. The zero-order chi connectivity index (χ0) is 15.5. The summed E-state index contributed by atoms with van der Waals surface area (Å²) in [5.41, 5.74) is 7.23. The minimum atomic E-state index is -0.318. The van der Waals surface area contributed by atoms with E-state index in [4.69, 9.17) is 10.5 Å². The van der Waals surface area contributed by atoms with Crippen molar-refractivity contribution in [2.45, 2.75) is 25.5 Å². The molecule has 114 valence electrons. The topological polar surface area (TPSA) is 64.4 Å². The van der Waals surface area contributed by atoms with E-state index in [-0.39, 0.29) is 18.3 Å². The first kappa shape index (κ1) is 14.4. The molecule has 0 saturated heterocycles. The van der Waals surface area contributed by atoms with Gasteiger partial charge in [-0.1, -0.05) is 18.2 Å². The molecular weight excluding hydrogens is 283 g/mol. The van der Waals surface area contributed by atoms with Crippen LogP contribution in [0, 0.1) is 5.82 Å². The first-order valence-corrected chi connectivity index (χ1v) is 7.20. The summed E-state index contributed by atoms with van der Waals surface area (Å²) in [6, 6.07) is 11.6. The van der Waals surface area contributed by atoms with Crippen LogP contribution in [0.15, 0.2) is 42.5 Å². The standard InChI is InChI=1S/C17H17FN2O2/c18-14-4-2-1-3-12(14)10-22-16-8-5-11(9-15(16)19)17(21)20-13-6-7-13/h1-5,8-9,13H,6-7,10,19H2,(H,20,21). The van der Waals surface area contributed by atoms with Crippen LogP contribution < -0.4 is 15.8 Å². The smallest absolute Gasteiger partial charge is 0.251 e. The monoisotopic (exact) mass is 300 g/mol. The van der Waals surface area contributed by atoms with Gasteiger partial charge >= 0.3 is 0 Å². The van der Waals surface area contributed by atoms with Gasteiger partial charge in [0.25, 0.3) is 5.91 Å². The minimum absolute atomic E-state index is 0.0878. The maximum atomic E-state index is 13.5. The van der Waals surface area contributed by atoms with Crippen LogP contribution in [0.3, 0.4) is 0 Å². The third-order valence-electron chi connectivity index (χ3n) is 3.53. The van der Waals surface area contributed by atoms with Gasteiger partial charge in [-0.3, -0.25) is 4.79 Å². The van der Waals surface area contributed by atoms with E-state index in [9.17, 15) is 9.18 Å². The number of carbonyl (C=O) groups is 1. The molecule has 22 heavy (non-hydrogen) atoms. The van der Waals surface area contributed by atoms with Gasteiger partial charge in [0.05, 0.1) is 5.69 Å². The number of halogens is 1. The number of amides is 1. The van der Waals surface area contributed by atoms with Gasteiger partial charge in [-0.15, -0.1) is 0 Å². The lowest BCUT2D eigenvalue weighted by molar-refractivity contribution is 0.0951. The molecule has 3 rings (SSSR count). The molecule has 1 amide bonds. The van der Waals surface area contributed by atoms with Crippen molar-refractivity contribution in [2.24, 2.45) is 0 Å². The second kappa shape index (κ2) is 6.05. The SMILES string of the molecule is Nc1cc(C(=O)NC2CC2)ccc1OCc1ccccc1F. The van der Waals surface area contributed by atoms with E-state index in [1.165, 1.54) is 6.07 Å². The molecule has 1 saturated carbocycles. The first-order valence-electron chi connectivity index (χ1n) is 7.20. The summed E-state index contributed by atoms with van der Waals surface area (Å²) >= 11 is 0. The van der Waals surface area contributed by atoms with Gasteiger partial charge in [0.1, 0.15) is 18.2 Å². The first-order chi connectivity index (χ1) is 10.6. The van der Waals surface area contributed by atoms with Crippen LogP contribution in [0.2, 0.25) is 0 Å². The number of nitrogens with two attached hydrogens (primary N) is 1. The second-order valence-electron chi connectivity index (χ2n) is 5.38. The highest BCUT2D eigenvalue weighted by Gasteiger charge is 2.24. The van der Waals surface area contributed by atoms with Gasteiger partial charge in [0.2, 0.25) is 0 Å². The van der Waals surface area contributed by atoms with Gasteiger partial charge in [0, 0.05) is 17.2 Å². The Hall–Kier alpha value is -2.56. The second-order valence-corrected chi connectivity index (χ2v) is 5.38. The molecular formula is C17H17FN2O2. The molecule has 0 unspecified atom stereocenters. The van der Waals surface area contributed by atoms with Gasteiger partial charge in [0.15, 0.2) is 0 Å². The van der Waals surface area contributed by atoms with Crippen molar-refractivity contribution in [1.82, 2.24) is 5.32 Å². The number of nitrogen functional groups attached to an aromatic ring is 1. The van der Waals surface area contributed by atoms with Crippen LogP contribution in [-0.2, 0) is 6.61 Å². The number of hydrogen-bond acceptors (Lipinski definition) is 3. The summed E-state index contributed by atoms with van der Waals surface area (Å²) in [5, 5.41) is 2.90. The average Bonchev–Trinajstić information content (AvgIpc) is 3.31. The van der Waals surface area contributed by atoms with Crippen LogP contribution in [-0.4, -0.2) is 11.9 Å².